The molecule has 2 saturated heterocycles. The highest BCUT2D eigenvalue weighted by Crippen LogP contribution is 2.28. The van der Waals surface area contributed by atoms with Gasteiger partial charge in [0.05, 0.1) is 11.4 Å². The number of carbonyl (C=O) groups is 2. The first-order valence-corrected chi connectivity index (χ1v) is 12.0. The van der Waals surface area contributed by atoms with Crippen molar-refractivity contribution in [2.75, 3.05) is 36.8 Å². The Bertz CT molecular complexity index is 889. The summed E-state index contributed by atoms with van der Waals surface area (Å²) in [6.07, 6.45) is 5.18. The highest BCUT2D eigenvalue weighted by atomic mass is 32.2. The van der Waals surface area contributed by atoms with Gasteiger partial charge >= 0.3 is 0 Å². The summed E-state index contributed by atoms with van der Waals surface area (Å²) in [7, 11) is 0. The van der Waals surface area contributed by atoms with E-state index < -0.39 is 0 Å². The molecule has 9 heteroatoms. The summed E-state index contributed by atoms with van der Waals surface area (Å²) in [5.74, 6) is 1.24. The van der Waals surface area contributed by atoms with Crippen LogP contribution < -0.4 is 10.2 Å². The van der Waals surface area contributed by atoms with Crippen molar-refractivity contribution in [1.82, 2.24) is 25.0 Å². The first-order valence-electron chi connectivity index (χ1n) is 11.1. The molecule has 0 saturated carbocycles. The Morgan fingerprint density at radius 1 is 1.03 bits per heavy atom. The minimum absolute atomic E-state index is 0.00610. The molecule has 2 fully saturated rings. The predicted molar refractivity (Wildman–Crippen MR) is 122 cm³/mol. The fourth-order valence-electron chi connectivity index (χ4n) is 4.20. The molecule has 0 bridgehead atoms. The van der Waals surface area contributed by atoms with E-state index in [-0.39, 0.29) is 23.6 Å². The van der Waals surface area contributed by atoms with E-state index in [0.717, 1.165) is 55.6 Å². The second-order valence-electron chi connectivity index (χ2n) is 8.14. The molecule has 166 valence electrons. The van der Waals surface area contributed by atoms with Gasteiger partial charge in [-0.1, -0.05) is 30.0 Å². The lowest BCUT2D eigenvalue weighted by molar-refractivity contribution is -0.130. The molecule has 8 nitrogen and oxygen atoms in total. The van der Waals surface area contributed by atoms with E-state index in [2.05, 4.69) is 25.0 Å². The largest absolute Gasteiger partial charge is 0.353 e. The van der Waals surface area contributed by atoms with Gasteiger partial charge in [-0.15, -0.1) is 10.2 Å². The predicted octanol–water partition coefficient (Wildman–Crippen LogP) is 2.48. The summed E-state index contributed by atoms with van der Waals surface area (Å²) in [6, 6.07) is 10.2. The van der Waals surface area contributed by atoms with Gasteiger partial charge in [0, 0.05) is 39.1 Å². The molecule has 0 atom stereocenters. The molecule has 1 aromatic heterocycles. The molecular weight excluding hydrogens is 412 g/mol. The number of anilines is 1. The van der Waals surface area contributed by atoms with Crippen LogP contribution in [0.1, 0.15) is 39.0 Å². The third-order valence-corrected chi connectivity index (χ3v) is 6.84. The molecule has 2 aliphatic heterocycles. The number of benzene rings is 1. The summed E-state index contributed by atoms with van der Waals surface area (Å²) in [5, 5.41) is 12.8. The molecule has 3 heterocycles. The van der Waals surface area contributed by atoms with Crippen molar-refractivity contribution >= 4 is 29.5 Å². The first-order chi connectivity index (χ1) is 15.1. The number of carbonyl (C=O) groups excluding carboxylic acids is 2. The average molecular weight is 443 g/mol. The Morgan fingerprint density at radius 3 is 2.42 bits per heavy atom. The van der Waals surface area contributed by atoms with Crippen LogP contribution in [0.2, 0.25) is 0 Å². The molecule has 0 radical (unpaired) electrons. The number of rotatable bonds is 6. The van der Waals surface area contributed by atoms with Gasteiger partial charge in [-0.25, -0.2) is 0 Å². The van der Waals surface area contributed by atoms with Gasteiger partial charge in [0.25, 0.3) is 0 Å². The van der Waals surface area contributed by atoms with Crippen LogP contribution in [0.4, 0.5) is 5.95 Å². The van der Waals surface area contributed by atoms with E-state index in [4.69, 9.17) is 0 Å². The van der Waals surface area contributed by atoms with Gasteiger partial charge in [-0.3, -0.25) is 14.2 Å². The number of nitrogens with zero attached hydrogens (tertiary/aromatic N) is 5. The van der Waals surface area contributed by atoms with Crippen LogP contribution in [0.5, 0.6) is 0 Å². The summed E-state index contributed by atoms with van der Waals surface area (Å²) in [6.45, 7) is 4.96. The maximum absolute atomic E-state index is 12.6. The molecule has 1 N–H and O–H groups in total. The Labute approximate surface area is 187 Å². The third-order valence-electron chi connectivity index (χ3n) is 5.91. The van der Waals surface area contributed by atoms with Gasteiger partial charge in [-0.05, 0) is 44.2 Å². The van der Waals surface area contributed by atoms with Crippen LogP contribution in [0, 0.1) is 0 Å². The van der Waals surface area contributed by atoms with Crippen LogP contribution in [0.15, 0.2) is 35.5 Å². The van der Waals surface area contributed by atoms with Crippen molar-refractivity contribution in [3.05, 3.63) is 30.3 Å². The molecule has 0 spiro atoms. The number of thioether (sulfide) groups is 1. The minimum atomic E-state index is -0.00610. The highest BCUT2D eigenvalue weighted by molar-refractivity contribution is 7.99. The number of piperidine rings is 2. The van der Waals surface area contributed by atoms with Gasteiger partial charge in [-0.2, -0.15) is 0 Å². The van der Waals surface area contributed by atoms with Crippen molar-refractivity contribution in [3.63, 3.8) is 0 Å². The Balaban J connectivity index is 1.40. The maximum atomic E-state index is 12.6. The second-order valence-corrected chi connectivity index (χ2v) is 9.08. The zero-order valence-corrected chi connectivity index (χ0v) is 18.8. The summed E-state index contributed by atoms with van der Waals surface area (Å²) in [5.41, 5.74) is 1.01. The smallest absolute Gasteiger partial charge is 0.232 e. The van der Waals surface area contributed by atoms with Crippen molar-refractivity contribution in [3.8, 4) is 5.69 Å². The molecule has 0 unspecified atom stereocenters. The van der Waals surface area contributed by atoms with Gasteiger partial charge in [0.15, 0.2) is 5.16 Å². The van der Waals surface area contributed by atoms with Crippen LogP contribution in [-0.2, 0) is 9.59 Å². The Kier molecular flexibility index (Phi) is 7.11. The summed E-state index contributed by atoms with van der Waals surface area (Å²) in [4.78, 5) is 28.2. The van der Waals surface area contributed by atoms with Crippen LogP contribution >= 0.6 is 11.8 Å². The molecule has 2 aromatic rings. The van der Waals surface area contributed by atoms with Crippen LogP contribution in [-0.4, -0.2) is 69.5 Å². The zero-order chi connectivity index (χ0) is 21.6. The number of nitrogens with one attached hydrogen (secondary N) is 1. The van der Waals surface area contributed by atoms with Crippen LogP contribution in [0.25, 0.3) is 5.69 Å². The Morgan fingerprint density at radius 2 is 1.74 bits per heavy atom. The standard InChI is InChI=1S/C22H30N6O2S/c1-17(29)26-14-10-18(11-15-26)23-20(30)16-31-22-25-24-21(27-12-6-3-7-13-27)28(22)19-8-4-2-5-9-19/h2,4-5,8-9,18H,3,6-7,10-16H2,1H3,(H,23,30). The maximum Gasteiger partial charge on any atom is 0.232 e. The monoisotopic (exact) mass is 442 g/mol. The number of aromatic nitrogens is 3. The van der Waals surface area contributed by atoms with E-state index in [1.807, 2.05) is 35.2 Å². The number of hydrogen-bond donors (Lipinski definition) is 1. The zero-order valence-electron chi connectivity index (χ0n) is 18.0. The van der Waals surface area contributed by atoms with Crippen molar-refractivity contribution < 1.29 is 9.59 Å². The normalized spacial score (nSPS) is 17.6. The molecule has 2 aliphatic rings. The van der Waals surface area contributed by atoms with Crippen LogP contribution in [0.3, 0.4) is 0 Å². The average Bonchev–Trinajstić information content (AvgIpc) is 3.23. The quantitative estimate of drug-likeness (QED) is 0.692. The molecule has 31 heavy (non-hydrogen) atoms. The van der Waals surface area contributed by atoms with Gasteiger partial charge in [0.1, 0.15) is 0 Å². The minimum Gasteiger partial charge on any atom is -0.353 e. The lowest BCUT2D eigenvalue weighted by Gasteiger charge is -2.31. The third kappa shape index (κ3) is 5.39. The molecule has 2 amide bonds. The van der Waals surface area contributed by atoms with E-state index in [9.17, 15) is 9.59 Å². The van der Waals surface area contributed by atoms with Crippen molar-refractivity contribution in [2.45, 2.75) is 50.2 Å². The van der Waals surface area contributed by atoms with E-state index in [1.54, 1.807) is 6.92 Å². The SMILES string of the molecule is CC(=O)N1CCC(NC(=O)CSc2nnc(N3CCCCC3)n2-c2ccccc2)CC1. The van der Waals surface area contributed by atoms with E-state index in [0.29, 0.717) is 13.1 Å². The molecule has 0 aliphatic carbocycles. The topological polar surface area (TPSA) is 83.4 Å². The number of hydrogen-bond acceptors (Lipinski definition) is 6. The number of likely N-dealkylation sites (tertiary alicyclic amines) is 1. The number of amides is 2. The van der Waals surface area contributed by atoms with E-state index in [1.165, 1.54) is 18.2 Å². The van der Waals surface area contributed by atoms with Crippen molar-refractivity contribution in [2.24, 2.45) is 0 Å². The molecular formula is C22H30N6O2S. The summed E-state index contributed by atoms with van der Waals surface area (Å²) >= 11 is 1.41. The highest BCUT2D eigenvalue weighted by Gasteiger charge is 2.24. The van der Waals surface area contributed by atoms with Crippen molar-refractivity contribution in [1.29, 1.82) is 0 Å². The lowest BCUT2D eigenvalue weighted by atomic mass is 10.1. The number of para-hydroxylation sites is 1. The fourth-order valence-corrected chi connectivity index (χ4v) is 4.95. The lowest BCUT2D eigenvalue weighted by Crippen LogP contribution is -2.46. The fraction of sp³-hybridized carbons (Fsp3) is 0.545. The van der Waals surface area contributed by atoms with Gasteiger partial charge in [0.2, 0.25) is 17.8 Å². The molecule has 4 rings (SSSR count). The van der Waals surface area contributed by atoms with Gasteiger partial charge < -0.3 is 15.1 Å². The molecule has 1 aromatic carbocycles. The van der Waals surface area contributed by atoms with E-state index >= 15 is 0 Å². The summed E-state index contributed by atoms with van der Waals surface area (Å²) < 4.78 is 2.06. The Hall–Kier alpha value is -2.55. The first kappa shape index (κ1) is 21.7. The second kappa shape index (κ2) is 10.2.